The molecule has 2 nitrogen and oxygen atoms in total. The second-order valence-corrected chi connectivity index (χ2v) is 6.43. The van der Waals surface area contributed by atoms with E-state index in [1.165, 1.54) is 36.6 Å². The van der Waals surface area contributed by atoms with Crippen molar-refractivity contribution in [1.82, 2.24) is 4.98 Å². The van der Waals surface area contributed by atoms with E-state index < -0.39 is 0 Å². The molecule has 2 heteroatoms. The molecule has 0 radical (unpaired) electrons. The third-order valence-corrected chi connectivity index (χ3v) is 4.85. The highest BCUT2D eigenvalue weighted by Gasteiger charge is 2.25. The Morgan fingerprint density at radius 2 is 1.85 bits per heavy atom. The summed E-state index contributed by atoms with van der Waals surface area (Å²) in [6, 6.07) is 10.6. The summed E-state index contributed by atoms with van der Waals surface area (Å²) in [7, 11) is 0. The van der Waals surface area contributed by atoms with Gasteiger partial charge in [0.25, 0.3) is 0 Å². The Kier molecular flexibility index (Phi) is 3.75. The highest BCUT2D eigenvalue weighted by atomic mass is 14.8. The van der Waals surface area contributed by atoms with Crippen LogP contribution < -0.4 is 5.73 Å². The largest absolute Gasteiger partial charge is 0.322 e. The van der Waals surface area contributed by atoms with Crippen molar-refractivity contribution in [3.05, 3.63) is 41.6 Å². The summed E-state index contributed by atoms with van der Waals surface area (Å²) >= 11 is 0. The first kappa shape index (κ1) is 13.6. The predicted octanol–water partition coefficient (Wildman–Crippen LogP) is 4.37. The van der Waals surface area contributed by atoms with Gasteiger partial charge in [-0.25, -0.2) is 0 Å². The first-order valence-electron chi connectivity index (χ1n) is 7.77. The van der Waals surface area contributed by atoms with Gasteiger partial charge in [0, 0.05) is 11.4 Å². The molecule has 0 bridgehead atoms. The molecule has 2 aromatic rings. The lowest BCUT2D eigenvalue weighted by Crippen LogP contribution is -2.26. The van der Waals surface area contributed by atoms with Gasteiger partial charge in [-0.05, 0) is 49.3 Å². The fraction of sp³-hybridized carbons (Fsp3) is 0.500. The summed E-state index contributed by atoms with van der Waals surface area (Å²) in [6.45, 7) is 4.50. The first-order chi connectivity index (χ1) is 9.65. The van der Waals surface area contributed by atoms with E-state index >= 15 is 0 Å². The summed E-state index contributed by atoms with van der Waals surface area (Å²) in [4.78, 5) is 4.81. The summed E-state index contributed by atoms with van der Waals surface area (Å²) in [5.74, 6) is 1.46. The fourth-order valence-electron chi connectivity index (χ4n) is 3.43. The van der Waals surface area contributed by atoms with Crippen molar-refractivity contribution >= 4 is 10.9 Å². The Labute approximate surface area is 121 Å². The van der Waals surface area contributed by atoms with Crippen LogP contribution in [0.5, 0.6) is 0 Å². The van der Waals surface area contributed by atoms with E-state index in [0.717, 1.165) is 17.1 Å². The van der Waals surface area contributed by atoms with Crippen LogP contribution in [-0.2, 0) is 0 Å². The van der Waals surface area contributed by atoms with Crippen LogP contribution in [0.2, 0.25) is 0 Å². The summed E-state index contributed by atoms with van der Waals surface area (Å²) in [5, 5.41) is 1.24. The molecular formula is C18H24N2. The number of fused-ring (bicyclic) bond motifs is 1. The first-order valence-corrected chi connectivity index (χ1v) is 7.77. The Bertz CT molecular complexity index is 597. The molecule has 0 amide bonds. The van der Waals surface area contributed by atoms with E-state index in [0.29, 0.717) is 5.92 Å². The number of rotatable bonds is 2. The Morgan fingerprint density at radius 1 is 1.15 bits per heavy atom. The van der Waals surface area contributed by atoms with Crippen LogP contribution in [0, 0.1) is 18.8 Å². The maximum atomic E-state index is 6.51. The van der Waals surface area contributed by atoms with Crippen LogP contribution in [0.15, 0.2) is 30.3 Å². The monoisotopic (exact) mass is 268 g/mol. The molecule has 3 rings (SSSR count). The molecule has 106 valence electrons. The molecule has 20 heavy (non-hydrogen) atoms. The lowest BCUT2D eigenvalue weighted by molar-refractivity contribution is 0.254. The maximum absolute atomic E-state index is 6.51. The zero-order valence-electron chi connectivity index (χ0n) is 12.5. The quantitative estimate of drug-likeness (QED) is 0.878. The van der Waals surface area contributed by atoms with E-state index in [1.807, 2.05) is 6.07 Å². The van der Waals surface area contributed by atoms with Gasteiger partial charge >= 0.3 is 0 Å². The summed E-state index contributed by atoms with van der Waals surface area (Å²) < 4.78 is 0. The lowest BCUT2D eigenvalue weighted by atomic mass is 9.78. The predicted molar refractivity (Wildman–Crippen MR) is 84.5 cm³/mol. The molecule has 1 aliphatic carbocycles. The van der Waals surface area contributed by atoms with Crippen molar-refractivity contribution in [1.29, 1.82) is 0 Å². The SMILES string of the molecule is Cc1cc(C(N)C2CCC(C)CC2)nc2ccccc12. The highest BCUT2D eigenvalue weighted by Crippen LogP contribution is 2.35. The van der Waals surface area contributed by atoms with Crippen molar-refractivity contribution in [3.8, 4) is 0 Å². The number of hydrogen-bond acceptors (Lipinski definition) is 2. The molecule has 1 aromatic carbocycles. The van der Waals surface area contributed by atoms with E-state index in [2.05, 4.69) is 38.1 Å². The third kappa shape index (κ3) is 2.57. The van der Waals surface area contributed by atoms with Gasteiger partial charge in [0.2, 0.25) is 0 Å². The van der Waals surface area contributed by atoms with Crippen molar-refractivity contribution in [2.45, 2.75) is 45.6 Å². The molecule has 0 aliphatic heterocycles. The number of benzene rings is 1. The molecule has 0 spiro atoms. The molecule has 0 saturated heterocycles. The van der Waals surface area contributed by atoms with Crippen molar-refractivity contribution < 1.29 is 0 Å². The average molecular weight is 268 g/mol. The Hall–Kier alpha value is -1.41. The zero-order valence-corrected chi connectivity index (χ0v) is 12.5. The van der Waals surface area contributed by atoms with Gasteiger partial charge in [-0.15, -0.1) is 0 Å². The lowest BCUT2D eigenvalue weighted by Gasteiger charge is -2.30. The van der Waals surface area contributed by atoms with Crippen LogP contribution in [0.25, 0.3) is 10.9 Å². The van der Waals surface area contributed by atoms with Gasteiger partial charge in [0.05, 0.1) is 11.2 Å². The molecule has 1 aromatic heterocycles. The molecule has 1 heterocycles. The third-order valence-electron chi connectivity index (χ3n) is 4.85. The Balaban J connectivity index is 1.89. The minimum atomic E-state index is 0.0887. The van der Waals surface area contributed by atoms with Gasteiger partial charge in [-0.2, -0.15) is 0 Å². The van der Waals surface area contributed by atoms with Crippen molar-refractivity contribution in [2.75, 3.05) is 0 Å². The smallest absolute Gasteiger partial charge is 0.0708 e. The van der Waals surface area contributed by atoms with E-state index in [9.17, 15) is 0 Å². The molecule has 2 N–H and O–H groups in total. The number of aromatic nitrogens is 1. The van der Waals surface area contributed by atoms with E-state index in [1.54, 1.807) is 0 Å². The number of para-hydroxylation sites is 1. The molecule has 1 atom stereocenters. The molecule has 1 saturated carbocycles. The molecule has 1 aliphatic rings. The number of hydrogen-bond donors (Lipinski definition) is 1. The van der Waals surface area contributed by atoms with Crippen LogP contribution in [0.4, 0.5) is 0 Å². The summed E-state index contributed by atoms with van der Waals surface area (Å²) in [5.41, 5.74) is 9.94. The second-order valence-electron chi connectivity index (χ2n) is 6.43. The van der Waals surface area contributed by atoms with Gasteiger partial charge in [-0.1, -0.05) is 38.0 Å². The van der Waals surface area contributed by atoms with Crippen LogP contribution >= 0.6 is 0 Å². The fourth-order valence-corrected chi connectivity index (χ4v) is 3.43. The standard InChI is InChI=1S/C18H24N2/c1-12-7-9-14(10-8-12)18(19)17-11-13(2)15-5-3-4-6-16(15)20-17/h3-6,11-12,14,18H,7-10,19H2,1-2H3. The van der Waals surface area contributed by atoms with E-state index in [4.69, 9.17) is 10.7 Å². The van der Waals surface area contributed by atoms with E-state index in [-0.39, 0.29) is 6.04 Å². The number of nitrogens with zero attached hydrogens (tertiary/aromatic N) is 1. The van der Waals surface area contributed by atoms with Crippen molar-refractivity contribution in [2.24, 2.45) is 17.6 Å². The summed E-state index contributed by atoms with van der Waals surface area (Å²) in [6.07, 6.45) is 5.11. The average Bonchev–Trinajstić information content (AvgIpc) is 2.47. The molecule has 1 unspecified atom stereocenters. The second kappa shape index (κ2) is 5.53. The van der Waals surface area contributed by atoms with Gasteiger partial charge < -0.3 is 5.73 Å². The number of aryl methyl sites for hydroxylation is 1. The van der Waals surface area contributed by atoms with Crippen LogP contribution in [0.3, 0.4) is 0 Å². The number of nitrogens with two attached hydrogens (primary N) is 1. The highest BCUT2D eigenvalue weighted by molar-refractivity contribution is 5.82. The topological polar surface area (TPSA) is 38.9 Å². The maximum Gasteiger partial charge on any atom is 0.0708 e. The Morgan fingerprint density at radius 3 is 2.60 bits per heavy atom. The normalized spacial score (nSPS) is 24.8. The van der Waals surface area contributed by atoms with Gasteiger partial charge in [0.1, 0.15) is 0 Å². The van der Waals surface area contributed by atoms with Crippen molar-refractivity contribution in [3.63, 3.8) is 0 Å². The zero-order chi connectivity index (χ0) is 14.1. The van der Waals surface area contributed by atoms with Crippen LogP contribution in [-0.4, -0.2) is 4.98 Å². The molecular weight excluding hydrogens is 244 g/mol. The van der Waals surface area contributed by atoms with Gasteiger partial charge in [0.15, 0.2) is 0 Å². The van der Waals surface area contributed by atoms with Crippen LogP contribution in [0.1, 0.15) is 49.9 Å². The number of pyridine rings is 1. The minimum Gasteiger partial charge on any atom is -0.322 e. The van der Waals surface area contributed by atoms with Gasteiger partial charge in [-0.3, -0.25) is 4.98 Å². The minimum absolute atomic E-state index is 0.0887. The molecule has 1 fully saturated rings.